The molecule has 0 bridgehead atoms. The van der Waals surface area contributed by atoms with Gasteiger partial charge in [0.2, 0.25) is 0 Å². The lowest BCUT2D eigenvalue weighted by Gasteiger charge is -2.03. The van der Waals surface area contributed by atoms with E-state index in [-0.39, 0.29) is 0 Å². The number of nitrogens with zero attached hydrogens (tertiary/aromatic N) is 2. The van der Waals surface area contributed by atoms with Gasteiger partial charge in [0.05, 0.1) is 0 Å². The van der Waals surface area contributed by atoms with Crippen LogP contribution >= 0.6 is 34.9 Å². The van der Waals surface area contributed by atoms with Crippen molar-refractivity contribution in [1.82, 2.24) is 9.36 Å². The third-order valence-electron chi connectivity index (χ3n) is 1.76. The first-order valence-electron chi connectivity index (χ1n) is 4.19. The molecule has 0 spiro atoms. The van der Waals surface area contributed by atoms with E-state index in [0.717, 1.165) is 26.4 Å². The Morgan fingerprint density at radius 1 is 1.47 bits per heavy atom. The van der Waals surface area contributed by atoms with E-state index in [1.54, 1.807) is 24.2 Å². The molecule has 0 saturated heterocycles. The highest BCUT2D eigenvalue weighted by Gasteiger charge is 2.03. The van der Waals surface area contributed by atoms with Crippen LogP contribution in [-0.2, 0) is 5.75 Å². The van der Waals surface area contributed by atoms with Gasteiger partial charge in [-0.2, -0.15) is 4.37 Å². The topological polar surface area (TPSA) is 51.8 Å². The summed E-state index contributed by atoms with van der Waals surface area (Å²) in [6.07, 6.45) is 1.55. The molecular formula is C9H8ClN3S2. The summed E-state index contributed by atoms with van der Waals surface area (Å²) in [5.74, 6) is 0.763. The first-order chi connectivity index (χ1) is 7.25. The van der Waals surface area contributed by atoms with Crippen LogP contribution in [0.5, 0.6) is 0 Å². The van der Waals surface area contributed by atoms with Crippen molar-refractivity contribution in [3.05, 3.63) is 35.1 Å². The highest BCUT2D eigenvalue weighted by molar-refractivity contribution is 8.00. The third-order valence-corrected chi connectivity index (χ3v) is 3.98. The minimum atomic E-state index is 0.729. The summed E-state index contributed by atoms with van der Waals surface area (Å²) in [6.45, 7) is 0. The number of nitrogens with two attached hydrogens (primary N) is 1. The zero-order valence-corrected chi connectivity index (χ0v) is 10.1. The predicted molar refractivity (Wildman–Crippen MR) is 65.3 cm³/mol. The molecule has 3 nitrogen and oxygen atoms in total. The molecule has 1 aromatic carbocycles. The Morgan fingerprint density at radius 2 is 2.33 bits per heavy atom. The maximum absolute atomic E-state index is 6.03. The Bertz CT molecular complexity index is 445. The molecule has 0 aliphatic heterocycles. The normalized spacial score (nSPS) is 10.5. The Balaban J connectivity index is 2.07. The van der Waals surface area contributed by atoms with Crippen molar-refractivity contribution in [2.24, 2.45) is 0 Å². The third kappa shape index (κ3) is 2.84. The van der Waals surface area contributed by atoms with E-state index in [1.165, 1.54) is 11.5 Å². The van der Waals surface area contributed by atoms with Crippen LogP contribution in [-0.4, -0.2) is 9.36 Å². The van der Waals surface area contributed by atoms with Crippen LogP contribution in [0.3, 0.4) is 0 Å². The van der Waals surface area contributed by atoms with Crippen LogP contribution in [0.15, 0.2) is 28.9 Å². The van der Waals surface area contributed by atoms with Gasteiger partial charge in [-0.3, -0.25) is 0 Å². The zero-order chi connectivity index (χ0) is 10.7. The van der Waals surface area contributed by atoms with Gasteiger partial charge in [0.15, 0.2) is 4.34 Å². The SMILES string of the molecule is Nc1ccc(Cl)c(CSc2ncns2)c1. The highest BCUT2D eigenvalue weighted by Crippen LogP contribution is 2.28. The van der Waals surface area contributed by atoms with Crippen LogP contribution in [0.25, 0.3) is 0 Å². The summed E-state index contributed by atoms with van der Waals surface area (Å²) in [5, 5.41) is 0.737. The second-order valence-electron chi connectivity index (χ2n) is 2.85. The number of nitrogen functional groups attached to an aromatic ring is 1. The van der Waals surface area contributed by atoms with E-state index in [0.29, 0.717) is 0 Å². The van der Waals surface area contributed by atoms with Gasteiger partial charge < -0.3 is 5.73 Å². The number of hydrogen-bond donors (Lipinski definition) is 1. The lowest BCUT2D eigenvalue weighted by Crippen LogP contribution is -1.88. The van der Waals surface area contributed by atoms with E-state index < -0.39 is 0 Å². The van der Waals surface area contributed by atoms with Crippen molar-refractivity contribution in [1.29, 1.82) is 0 Å². The summed E-state index contributed by atoms with van der Waals surface area (Å²) in [4.78, 5) is 4.08. The molecule has 1 heterocycles. The van der Waals surface area contributed by atoms with Gasteiger partial charge in [0.1, 0.15) is 6.33 Å². The fourth-order valence-corrected chi connectivity index (χ4v) is 2.77. The van der Waals surface area contributed by atoms with Gasteiger partial charge in [-0.15, -0.1) is 0 Å². The number of aromatic nitrogens is 2. The van der Waals surface area contributed by atoms with Crippen molar-refractivity contribution in [3.8, 4) is 0 Å². The molecule has 0 amide bonds. The molecule has 2 rings (SSSR count). The summed E-state index contributed by atoms with van der Waals surface area (Å²) in [7, 11) is 0. The first-order valence-corrected chi connectivity index (χ1v) is 6.33. The lowest BCUT2D eigenvalue weighted by molar-refractivity contribution is 1.21. The van der Waals surface area contributed by atoms with Gasteiger partial charge in [-0.1, -0.05) is 23.4 Å². The van der Waals surface area contributed by atoms with Gasteiger partial charge >= 0.3 is 0 Å². The van der Waals surface area contributed by atoms with E-state index in [4.69, 9.17) is 17.3 Å². The molecule has 2 aromatic rings. The summed E-state index contributed by atoms with van der Waals surface area (Å²) in [6, 6.07) is 5.49. The van der Waals surface area contributed by atoms with E-state index in [1.807, 2.05) is 12.1 Å². The lowest BCUT2D eigenvalue weighted by atomic mass is 10.2. The Morgan fingerprint density at radius 3 is 3.07 bits per heavy atom. The number of hydrogen-bond acceptors (Lipinski definition) is 5. The minimum absolute atomic E-state index is 0.729. The first kappa shape index (κ1) is 10.7. The fraction of sp³-hybridized carbons (Fsp3) is 0.111. The van der Waals surface area contributed by atoms with Gasteiger partial charge in [-0.25, -0.2) is 4.98 Å². The highest BCUT2D eigenvalue weighted by atomic mass is 35.5. The number of thioether (sulfide) groups is 1. The van der Waals surface area contributed by atoms with Crippen molar-refractivity contribution >= 4 is 40.6 Å². The maximum atomic E-state index is 6.03. The van der Waals surface area contributed by atoms with Crippen molar-refractivity contribution in [2.45, 2.75) is 10.1 Å². The Hall–Kier alpha value is -0.780. The fourth-order valence-electron chi connectivity index (χ4n) is 1.07. The van der Waals surface area contributed by atoms with Crippen LogP contribution in [0.1, 0.15) is 5.56 Å². The largest absolute Gasteiger partial charge is 0.399 e. The monoisotopic (exact) mass is 257 g/mol. The van der Waals surface area contributed by atoms with Gasteiger partial charge in [0.25, 0.3) is 0 Å². The number of rotatable bonds is 3. The zero-order valence-electron chi connectivity index (χ0n) is 7.68. The predicted octanol–water partition coefficient (Wildman–Crippen LogP) is 3.07. The van der Waals surface area contributed by atoms with Crippen LogP contribution in [0.4, 0.5) is 5.69 Å². The summed E-state index contributed by atoms with van der Waals surface area (Å²) in [5.41, 5.74) is 7.44. The molecule has 0 radical (unpaired) electrons. The standard InChI is InChI=1S/C9H8ClN3S2/c10-8-2-1-7(11)3-6(8)4-14-9-12-5-13-15-9/h1-3,5H,4,11H2. The molecule has 0 unspecified atom stereocenters. The Kier molecular flexibility index (Phi) is 3.45. The van der Waals surface area contributed by atoms with Crippen LogP contribution in [0.2, 0.25) is 5.02 Å². The van der Waals surface area contributed by atoms with Gasteiger partial charge in [-0.05, 0) is 35.3 Å². The van der Waals surface area contributed by atoms with E-state index >= 15 is 0 Å². The smallest absolute Gasteiger partial charge is 0.170 e. The molecule has 15 heavy (non-hydrogen) atoms. The number of halogens is 1. The molecule has 1 aromatic heterocycles. The second kappa shape index (κ2) is 4.83. The molecule has 78 valence electrons. The molecule has 6 heteroatoms. The second-order valence-corrected chi connectivity index (χ2v) is 5.26. The number of benzene rings is 1. The van der Waals surface area contributed by atoms with E-state index in [2.05, 4.69) is 9.36 Å². The van der Waals surface area contributed by atoms with Crippen LogP contribution < -0.4 is 5.73 Å². The molecule has 0 aliphatic carbocycles. The summed E-state index contributed by atoms with van der Waals surface area (Å²) < 4.78 is 4.86. The molecule has 0 fully saturated rings. The molecule has 0 saturated carbocycles. The Labute approximate surface area is 101 Å². The summed E-state index contributed by atoms with van der Waals surface area (Å²) >= 11 is 9.02. The average Bonchev–Trinajstić information content (AvgIpc) is 2.72. The van der Waals surface area contributed by atoms with Crippen molar-refractivity contribution in [3.63, 3.8) is 0 Å². The van der Waals surface area contributed by atoms with Crippen molar-refractivity contribution in [2.75, 3.05) is 5.73 Å². The maximum Gasteiger partial charge on any atom is 0.170 e. The minimum Gasteiger partial charge on any atom is -0.399 e. The molecule has 2 N–H and O–H groups in total. The number of anilines is 1. The van der Waals surface area contributed by atoms with Gasteiger partial charge in [0, 0.05) is 16.5 Å². The average molecular weight is 258 g/mol. The van der Waals surface area contributed by atoms with E-state index in [9.17, 15) is 0 Å². The molecule has 0 aliphatic rings. The van der Waals surface area contributed by atoms with Crippen molar-refractivity contribution < 1.29 is 0 Å². The quantitative estimate of drug-likeness (QED) is 0.678. The molecular weight excluding hydrogens is 250 g/mol. The molecule has 0 atom stereocenters. The van der Waals surface area contributed by atoms with Crippen LogP contribution in [0, 0.1) is 0 Å².